The molecule has 9 heteroatoms. The number of benzene rings is 1. The molecule has 0 unspecified atom stereocenters. The number of aromatic nitrogens is 5. The van der Waals surface area contributed by atoms with Crippen LogP contribution < -0.4 is 15.8 Å². The molecule has 0 saturated heterocycles. The number of nitrogens with zero attached hydrogens (tertiary/aromatic N) is 4. The summed E-state index contributed by atoms with van der Waals surface area (Å²) in [6.07, 6.45) is 4.64. The van der Waals surface area contributed by atoms with Gasteiger partial charge in [-0.25, -0.2) is 15.0 Å². The highest BCUT2D eigenvalue weighted by Crippen LogP contribution is 2.32. The Bertz CT molecular complexity index is 1140. The van der Waals surface area contributed by atoms with Crippen LogP contribution in [0.5, 0.6) is 5.88 Å². The van der Waals surface area contributed by atoms with Crippen molar-refractivity contribution in [1.82, 2.24) is 25.1 Å². The van der Waals surface area contributed by atoms with Gasteiger partial charge in [-0.1, -0.05) is 30.3 Å². The van der Waals surface area contributed by atoms with Crippen molar-refractivity contribution in [2.45, 2.75) is 0 Å². The molecule has 0 atom stereocenters. The van der Waals surface area contributed by atoms with E-state index in [1.165, 1.54) is 13.4 Å². The second-order valence-electron chi connectivity index (χ2n) is 6.10. The Balaban J connectivity index is 1.76. The SMILES string of the molecule is COc1ncc(-c2ccccc2)cc1Nc1ncnc(N)c1C(=N)c1ccn[nH]1. The number of methoxy groups -OCH3 is 1. The fourth-order valence-corrected chi connectivity index (χ4v) is 2.89. The van der Waals surface area contributed by atoms with Gasteiger partial charge in [-0.05, 0) is 17.7 Å². The summed E-state index contributed by atoms with van der Waals surface area (Å²) >= 11 is 0. The van der Waals surface area contributed by atoms with Gasteiger partial charge < -0.3 is 15.8 Å². The summed E-state index contributed by atoms with van der Waals surface area (Å²) in [5, 5.41) is 18.3. The van der Waals surface area contributed by atoms with Crippen molar-refractivity contribution in [1.29, 1.82) is 5.41 Å². The van der Waals surface area contributed by atoms with Gasteiger partial charge in [0.2, 0.25) is 5.88 Å². The zero-order valence-corrected chi connectivity index (χ0v) is 15.5. The molecule has 144 valence electrons. The lowest BCUT2D eigenvalue weighted by atomic mass is 10.1. The van der Waals surface area contributed by atoms with Gasteiger partial charge in [0, 0.05) is 18.0 Å². The van der Waals surface area contributed by atoms with Gasteiger partial charge >= 0.3 is 0 Å². The van der Waals surface area contributed by atoms with Gasteiger partial charge in [0.1, 0.15) is 23.7 Å². The molecular formula is C20H18N8O. The maximum absolute atomic E-state index is 8.49. The molecule has 9 nitrogen and oxygen atoms in total. The van der Waals surface area contributed by atoms with Crippen molar-refractivity contribution >= 4 is 23.0 Å². The van der Waals surface area contributed by atoms with E-state index in [4.69, 9.17) is 15.9 Å². The Morgan fingerprint density at radius 3 is 2.66 bits per heavy atom. The van der Waals surface area contributed by atoms with E-state index in [2.05, 4.69) is 30.5 Å². The van der Waals surface area contributed by atoms with E-state index in [-0.39, 0.29) is 11.5 Å². The highest BCUT2D eigenvalue weighted by molar-refractivity contribution is 6.15. The molecular weight excluding hydrogens is 368 g/mol. The molecule has 4 aromatic rings. The third-order valence-corrected chi connectivity index (χ3v) is 4.30. The minimum absolute atomic E-state index is 0.120. The zero-order valence-electron chi connectivity index (χ0n) is 15.5. The average molecular weight is 386 g/mol. The predicted molar refractivity (Wildman–Crippen MR) is 110 cm³/mol. The molecule has 3 aromatic heterocycles. The number of nitrogens with one attached hydrogen (secondary N) is 3. The zero-order chi connectivity index (χ0) is 20.2. The van der Waals surface area contributed by atoms with Crippen molar-refractivity contribution < 1.29 is 4.74 Å². The van der Waals surface area contributed by atoms with Crippen LogP contribution in [0.25, 0.3) is 11.1 Å². The molecule has 3 heterocycles. The molecule has 5 N–H and O–H groups in total. The first-order valence-electron chi connectivity index (χ1n) is 8.73. The Morgan fingerprint density at radius 2 is 1.93 bits per heavy atom. The quantitative estimate of drug-likeness (QED) is 0.374. The number of aromatic amines is 1. The molecule has 0 saturated carbocycles. The van der Waals surface area contributed by atoms with Gasteiger partial charge in [0.05, 0.1) is 24.1 Å². The van der Waals surface area contributed by atoms with Crippen molar-refractivity contribution in [2.75, 3.05) is 18.2 Å². The molecule has 0 fully saturated rings. The summed E-state index contributed by atoms with van der Waals surface area (Å²) in [4.78, 5) is 12.7. The lowest BCUT2D eigenvalue weighted by Crippen LogP contribution is -2.13. The van der Waals surface area contributed by atoms with Crippen LogP contribution in [0, 0.1) is 5.41 Å². The van der Waals surface area contributed by atoms with Crippen molar-refractivity contribution in [3.63, 3.8) is 0 Å². The van der Waals surface area contributed by atoms with E-state index >= 15 is 0 Å². The number of nitrogens with two attached hydrogens (primary N) is 1. The summed E-state index contributed by atoms with van der Waals surface area (Å²) in [6.45, 7) is 0. The number of hydrogen-bond donors (Lipinski definition) is 4. The largest absolute Gasteiger partial charge is 0.480 e. The number of anilines is 3. The van der Waals surface area contributed by atoms with Gasteiger partial charge in [-0.3, -0.25) is 10.5 Å². The highest BCUT2D eigenvalue weighted by Gasteiger charge is 2.19. The number of hydrogen-bond acceptors (Lipinski definition) is 8. The lowest BCUT2D eigenvalue weighted by Gasteiger charge is -2.15. The van der Waals surface area contributed by atoms with Gasteiger partial charge in [-0.2, -0.15) is 5.10 Å². The molecule has 0 aliphatic heterocycles. The van der Waals surface area contributed by atoms with E-state index in [0.29, 0.717) is 28.6 Å². The third-order valence-electron chi connectivity index (χ3n) is 4.30. The summed E-state index contributed by atoms with van der Waals surface area (Å²) in [7, 11) is 1.54. The Labute approximate surface area is 166 Å². The number of rotatable bonds is 6. The molecule has 0 spiro atoms. The number of ether oxygens (including phenoxy) is 1. The highest BCUT2D eigenvalue weighted by atomic mass is 16.5. The molecule has 1 aromatic carbocycles. The van der Waals surface area contributed by atoms with E-state index in [1.54, 1.807) is 18.5 Å². The monoisotopic (exact) mass is 386 g/mol. The van der Waals surface area contributed by atoms with Gasteiger partial charge in [-0.15, -0.1) is 0 Å². The summed E-state index contributed by atoms with van der Waals surface area (Å²) in [6, 6.07) is 13.4. The second-order valence-corrected chi connectivity index (χ2v) is 6.10. The number of nitrogen functional groups attached to an aromatic ring is 1. The first-order chi connectivity index (χ1) is 14.2. The van der Waals surface area contributed by atoms with Crippen LogP contribution in [0.2, 0.25) is 0 Å². The average Bonchev–Trinajstić information content (AvgIpc) is 3.29. The Morgan fingerprint density at radius 1 is 1.10 bits per heavy atom. The molecule has 29 heavy (non-hydrogen) atoms. The minimum atomic E-state index is 0.120. The Kier molecular flexibility index (Phi) is 4.85. The van der Waals surface area contributed by atoms with Crippen LogP contribution >= 0.6 is 0 Å². The number of H-pyrrole nitrogens is 1. The lowest BCUT2D eigenvalue weighted by molar-refractivity contribution is 0.400. The molecule has 0 radical (unpaired) electrons. The van der Waals surface area contributed by atoms with Crippen LogP contribution in [-0.2, 0) is 0 Å². The molecule has 4 rings (SSSR count). The van der Waals surface area contributed by atoms with Crippen molar-refractivity contribution in [3.05, 3.63) is 72.4 Å². The molecule has 0 amide bonds. The van der Waals surface area contributed by atoms with Crippen LogP contribution in [0.4, 0.5) is 17.3 Å². The smallest absolute Gasteiger partial charge is 0.237 e. The van der Waals surface area contributed by atoms with Gasteiger partial charge in [0.25, 0.3) is 0 Å². The van der Waals surface area contributed by atoms with Crippen LogP contribution in [0.15, 0.2) is 61.2 Å². The second kappa shape index (κ2) is 7.77. The van der Waals surface area contributed by atoms with Crippen LogP contribution in [0.1, 0.15) is 11.3 Å². The standard InChI is InChI=1S/C20H18N8O/c1-29-20-15(9-13(10-23-20)12-5-3-2-4-6-12)27-19-16(18(22)24-11-25-19)17(21)14-7-8-26-28-14/h2-11,21H,1H3,(H,26,28)(H3,22,24,25,27). The fourth-order valence-electron chi connectivity index (χ4n) is 2.89. The van der Waals surface area contributed by atoms with E-state index < -0.39 is 0 Å². The summed E-state index contributed by atoms with van der Waals surface area (Å²) in [5.74, 6) is 0.927. The van der Waals surface area contributed by atoms with Gasteiger partial charge in [0.15, 0.2) is 0 Å². The minimum Gasteiger partial charge on any atom is -0.480 e. The number of pyridine rings is 1. The summed E-state index contributed by atoms with van der Waals surface area (Å²) < 4.78 is 5.39. The topological polar surface area (TPSA) is 138 Å². The third kappa shape index (κ3) is 3.61. The summed E-state index contributed by atoms with van der Waals surface area (Å²) in [5.41, 5.74) is 9.53. The van der Waals surface area contributed by atoms with E-state index in [0.717, 1.165) is 11.1 Å². The van der Waals surface area contributed by atoms with E-state index in [1.807, 2.05) is 36.4 Å². The van der Waals surface area contributed by atoms with Crippen LogP contribution in [-0.4, -0.2) is 38.0 Å². The predicted octanol–water partition coefficient (Wildman–Crippen LogP) is 3.01. The fraction of sp³-hybridized carbons (Fsp3) is 0.0500. The molecule has 0 aliphatic carbocycles. The molecule has 0 bridgehead atoms. The van der Waals surface area contributed by atoms with Crippen molar-refractivity contribution in [2.24, 2.45) is 0 Å². The Hall–Kier alpha value is -4.27. The van der Waals surface area contributed by atoms with Crippen molar-refractivity contribution in [3.8, 4) is 17.0 Å². The normalized spacial score (nSPS) is 10.5. The van der Waals surface area contributed by atoms with Crippen LogP contribution in [0.3, 0.4) is 0 Å². The maximum atomic E-state index is 8.49. The maximum Gasteiger partial charge on any atom is 0.237 e. The first-order valence-corrected chi connectivity index (χ1v) is 8.73. The molecule has 0 aliphatic rings. The first kappa shape index (κ1) is 18.1. The van der Waals surface area contributed by atoms with E-state index in [9.17, 15) is 0 Å².